The van der Waals surface area contributed by atoms with Gasteiger partial charge in [0.2, 0.25) is 0 Å². The first kappa shape index (κ1) is 7.81. The molecule has 1 radical (unpaired) electrons. The molecule has 0 aliphatic carbocycles. The topological polar surface area (TPSA) is 23.8 Å². The van der Waals surface area contributed by atoms with Crippen molar-refractivity contribution in [2.24, 2.45) is 0 Å². The van der Waals surface area contributed by atoms with Crippen molar-refractivity contribution < 1.29 is 0 Å². The standard InChI is InChI=1S/C10H10N/c1-2-5-9-6-3-4-7-10(9)8-11/h3-4,6-7H,1-2,5H2. The van der Waals surface area contributed by atoms with Crippen LogP contribution in [0.25, 0.3) is 0 Å². The second-order valence-electron chi connectivity index (χ2n) is 2.37. The molecule has 0 saturated heterocycles. The maximum Gasteiger partial charge on any atom is 0.0994 e. The van der Waals surface area contributed by atoms with Gasteiger partial charge in [0, 0.05) is 0 Å². The zero-order valence-corrected chi connectivity index (χ0v) is 6.38. The lowest BCUT2D eigenvalue weighted by Crippen LogP contribution is -1.87. The minimum absolute atomic E-state index is 0.774. The highest BCUT2D eigenvalue weighted by atomic mass is 14.2. The molecule has 1 aromatic rings. The lowest BCUT2D eigenvalue weighted by Gasteiger charge is -1.98. The molecule has 55 valence electrons. The average molecular weight is 144 g/mol. The first-order chi connectivity index (χ1) is 5.38. The smallest absolute Gasteiger partial charge is 0.0994 e. The zero-order valence-electron chi connectivity index (χ0n) is 6.38. The molecule has 0 spiro atoms. The Morgan fingerprint density at radius 1 is 1.36 bits per heavy atom. The summed E-state index contributed by atoms with van der Waals surface area (Å²) in [4.78, 5) is 0. The second-order valence-corrected chi connectivity index (χ2v) is 2.37. The van der Waals surface area contributed by atoms with Gasteiger partial charge in [-0.1, -0.05) is 25.1 Å². The van der Waals surface area contributed by atoms with E-state index in [1.807, 2.05) is 24.3 Å². The SMILES string of the molecule is [CH2]CCc1ccccc1C#N. The van der Waals surface area contributed by atoms with E-state index in [0.29, 0.717) is 0 Å². The molecular formula is C10H10N. The van der Waals surface area contributed by atoms with E-state index in [1.54, 1.807) is 0 Å². The Morgan fingerprint density at radius 3 is 2.73 bits per heavy atom. The molecule has 0 aliphatic heterocycles. The molecule has 0 amide bonds. The second kappa shape index (κ2) is 3.78. The minimum Gasteiger partial charge on any atom is -0.192 e. The van der Waals surface area contributed by atoms with Crippen molar-refractivity contribution in [3.8, 4) is 6.07 Å². The van der Waals surface area contributed by atoms with Crippen molar-refractivity contribution in [3.63, 3.8) is 0 Å². The summed E-state index contributed by atoms with van der Waals surface area (Å²) in [5.74, 6) is 0. The quantitative estimate of drug-likeness (QED) is 0.625. The van der Waals surface area contributed by atoms with Crippen LogP contribution < -0.4 is 0 Å². The predicted octanol–water partition coefficient (Wildman–Crippen LogP) is 2.32. The molecule has 0 aliphatic rings. The van der Waals surface area contributed by atoms with E-state index in [-0.39, 0.29) is 0 Å². The highest BCUT2D eigenvalue weighted by molar-refractivity contribution is 5.37. The maximum atomic E-state index is 8.67. The van der Waals surface area contributed by atoms with Gasteiger partial charge in [-0.25, -0.2) is 0 Å². The molecule has 1 rings (SSSR count). The molecular weight excluding hydrogens is 134 g/mol. The Labute approximate surface area is 67.3 Å². The van der Waals surface area contributed by atoms with Crippen molar-refractivity contribution in [1.82, 2.24) is 0 Å². The van der Waals surface area contributed by atoms with Crippen LogP contribution in [-0.4, -0.2) is 0 Å². The van der Waals surface area contributed by atoms with Crippen LogP contribution in [-0.2, 0) is 6.42 Å². The van der Waals surface area contributed by atoms with Crippen LogP contribution in [0.3, 0.4) is 0 Å². The highest BCUT2D eigenvalue weighted by Crippen LogP contribution is 2.08. The van der Waals surface area contributed by atoms with Crippen molar-refractivity contribution in [2.75, 3.05) is 0 Å². The molecule has 0 bridgehead atoms. The van der Waals surface area contributed by atoms with Gasteiger partial charge in [-0.3, -0.25) is 0 Å². The van der Waals surface area contributed by atoms with Gasteiger partial charge in [0.25, 0.3) is 0 Å². The predicted molar refractivity (Wildman–Crippen MR) is 44.8 cm³/mol. The fourth-order valence-electron chi connectivity index (χ4n) is 1.04. The van der Waals surface area contributed by atoms with Crippen LogP contribution in [0.2, 0.25) is 0 Å². The first-order valence-corrected chi connectivity index (χ1v) is 3.65. The molecule has 0 heterocycles. The van der Waals surface area contributed by atoms with Crippen molar-refractivity contribution in [2.45, 2.75) is 12.8 Å². The van der Waals surface area contributed by atoms with Gasteiger partial charge in [-0.2, -0.15) is 5.26 Å². The Hall–Kier alpha value is -1.29. The molecule has 1 heteroatoms. The molecule has 1 aromatic carbocycles. The van der Waals surface area contributed by atoms with Crippen LogP contribution in [0.15, 0.2) is 24.3 Å². The Bertz CT molecular complexity index is 270. The molecule has 0 N–H and O–H groups in total. The monoisotopic (exact) mass is 144 g/mol. The number of nitrogens with zero attached hydrogens (tertiary/aromatic N) is 1. The fourth-order valence-corrected chi connectivity index (χ4v) is 1.04. The van der Waals surface area contributed by atoms with Gasteiger partial charge in [0.15, 0.2) is 0 Å². The summed E-state index contributed by atoms with van der Waals surface area (Å²) in [5, 5.41) is 8.67. The zero-order chi connectivity index (χ0) is 8.10. The van der Waals surface area contributed by atoms with Crippen LogP contribution in [0.4, 0.5) is 0 Å². The van der Waals surface area contributed by atoms with Crippen LogP contribution in [0, 0.1) is 18.3 Å². The largest absolute Gasteiger partial charge is 0.192 e. The lowest BCUT2D eigenvalue weighted by atomic mass is 10.0. The van der Waals surface area contributed by atoms with Gasteiger partial charge in [-0.05, 0) is 24.5 Å². The van der Waals surface area contributed by atoms with E-state index in [4.69, 9.17) is 5.26 Å². The summed E-state index contributed by atoms with van der Waals surface area (Å²) >= 11 is 0. The van der Waals surface area contributed by atoms with Crippen LogP contribution in [0.1, 0.15) is 17.5 Å². The number of hydrogen-bond donors (Lipinski definition) is 0. The lowest BCUT2D eigenvalue weighted by molar-refractivity contribution is 0.994. The minimum atomic E-state index is 0.774. The maximum absolute atomic E-state index is 8.67. The number of aryl methyl sites for hydroxylation is 1. The summed E-state index contributed by atoms with van der Waals surface area (Å²) in [6, 6.07) is 9.80. The molecule has 0 atom stereocenters. The molecule has 0 aromatic heterocycles. The van der Waals surface area contributed by atoms with E-state index in [0.717, 1.165) is 24.0 Å². The summed E-state index contributed by atoms with van der Waals surface area (Å²) in [7, 11) is 0. The average Bonchev–Trinajstić information content (AvgIpc) is 2.06. The van der Waals surface area contributed by atoms with E-state index < -0.39 is 0 Å². The third kappa shape index (κ3) is 1.81. The number of hydrogen-bond acceptors (Lipinski definition) is 1. The van der Waals surface area contributed by atoms with Gasteiger partial charge in [-0.15, -0.1) is 0 Å². The summed E-state index contributed by atoms with van der Waals surface area (Å²) < 4.78 is 0. The first-order valence-electron chi connectivity index (χ1n) is 3.65. The van der Waals surface area contributed by atoms with Crippen LogP contribution >= 0.6 is 0 Å². The highest BCUT2D eigenvalue weighted by Gasteiger charge is 1.96. The Morgan fingerprint density at radius 2 is 2.09 bits per heavy atom. The molecule has 11 heavy (non-hydrogen) atoms. The Kier molecular flexibility index (Phi) is 2.68. The normalized spacial score (nSPS) is 9.09. The molecule has 0 fully saturated rings. The van der Waals surface area contributed by atoms with E-state index in [9.17, 15) is 0 Å². The Balaban J connectivity index is 2.95. The van der Waals surface area contributed by atoms with E-state index in [2.05, 4.69) is 13.0 Å². The number of nitriles is 1. The fraction of sp³-hybridized carbons (Fsp3) is 0.200. The summed E-state index contributed by atoms with van der Waals surface area (Å²) in [6.45, 7) is 3.75. The number of benzene rings is 1. The molecule has 1 nitrogen and oxygen atoms in total. The van der Waals surface area contributed by atoms with Crippen molar-refractivity contribution in [3.05, 3.63) is 42.3 Å². The van der Waals surface area contributed by atoms with Gasteiger partial charge < -0.3 is 0 Å². The third-order valence-corrected chi connectivity index (χ3v) is 1.58. The van der Waals surface area contributed by atoms with E-state index >= 15 is 0 Å². The number of rotatable bonds is 2. The van der Waals surface area contributed by atoms with E-state index in [1.165, 1.54) is 0 Å². The molecule has 0 saturated carbocycles. The van der Waals surface area contributed by atoms with Crippen molar-refractivity contribution >= 4 is 0 Å². The molecule has 0 unspecified atom stereocenters. The summed E-state index contributed by atoms with van der Waals surface area (Å²) in [6.07, 6.45) is 1.74. The van der Waals surface area contributed by atoms with Gasteiger partial charge in [0.05, 0.1) is 11.6 Å². The third-order valence-electron chi connectivity index (χ3n) is 1.58. The van der Waals surface area contributed by atoms with Crippen LogP contribution in [0.5, 0.6) is 0 Å². The van der Waals surface area contributed by atoms with Gasteiger partial charge >= 0.3 is 0 Å². The summed E-state index contributed by atoms with van der Waals surface area (Å²) in [5.41, 5.74) is 1.88. The van der Waals surface area contributed by atoms with Crippen molar-refractivity contribution in [1.29, 1.82) is 5.26 Å². The van der Waals surface area contributed by atoms with Gasteiger partial charge in [0.1, 0.15) is 0 Å².